The molecule has 1 amide bonds. The summed E-state index contributed by atoms with van der Waals surface area (Å²) in [6.07, 6.45) is 3.40. The Morgan fingerprint density at radius 3 is 2.61 bits per heavy atom. The molecule has 0 unspecified atom stereocenters. The lowest BCUT2D eigenvalue weighted by atomic mass is 9.99. The molecule has 1 saturated heterocycles. The molecule has 0 aromatic heterocycles. The minimum Gasteiger partial charge on any atom is -0.493 e. The van der Waals surface area contributed by atoms with E-state index in [0.29, 0.717) is 42.6 Å². The van der Waals surface area contributed by atoms with Gasteiger partial charge < -0.3 is 29.2 Å². The molecule has 1 heterocycles. The molecule has 0 saturated carbocycles. The summed E-state index contributed by atoms with van der Waals surface area (Å²) in [7, 11) is 6.52. The van der Waals surface area contributed by atoms with E-state index in [0.717, 1.165) is 31.8 Å². The number of likely N-dealkylation sites (tertiary alicyclic amines) is 1. The maximum absolute atomic E-state index is 12.3. The first-order valence-corrected chi connectivity index (χ1v) is 9.88. The SMILES string of the molecule is COC[C@H]1CCCN(CCNC(=O)CCc2ccc(OC)c(OC)c2OC)C1. The number of nitrogens with one attached hydrogen (secondary N) is 1. The Labute approximate surface area is 168 Å². The van der Waals surface area contributed by atoms with Crippen LogP contribution in [0.15, 0.2) is 12.1 Å². The quantitative estimate of drug-likeness (QED) is 0.620. The molecule has 7 heteroatoms. The summed E-state index contributed by atoms with van der Waals surface area (Å²) in [5, 5.41) is 3.03. The van der Waals surface area contributed by atoms with Gasteiger partial charge in [-0.2, -0.15) is 0 Å². The van der Waals surface area contributed by atoms with Gasteiger partial charge in [-0.1, -0.05) is 6.07 Å². The molecule has 1 aromatic carbocycles. The number of aryl methyl sites for hydroxylation is 1. The minimum absolute atomic E-state index is 0.0438. The maximum Gasteiger partial charge on any atom is 0.220 e. The van der Waals surface area contributed by atoms with Crippen molar-refractivity contribution in [2.45, 2.75) is 25.7 Å². The highest BCUT2D eigenvalue weighted by Crippen LogP contribution is 2.40. The zero-order valence-electron chi connectivity index (χ0n) is 17.6. The van der Waals surface area contributed by atoms with Crippen LogP contribution in [0.25, 0.3) is 0 Å². The number of carbonyl (C=O) groups is 1. The van der Waals surface area contributed by atoms with Crippen LogP contribution in [-0.4, -0.2) is 72.0 Å². The van der Waals surface area contributed by atoms with Crippen molar-refractivity contribution in [2.75, 3.05) is 61.2 Å². The van der Waals surface area contributed by atoms with E-state index in [4.69, 9.17) is 18.9 Å². The van der Waals surface area contributed by atoms with Gasteiger partial charge in [0.15, 0.2) is 11.5 Å². The molecule has 0 spiro atoms. The molecule has 1 aliphatic rings. The summed E-state index contributed by atoms with van der Waals surface area (Å²) in [6.45, 7) is 4.51. The summed E-state index contributed by atoms with van der Waals surface area (Å²) >= 11 is 0. The first kappa shape index (κ1) is 22.3. The van der Waals surface area contributed by atoms with E-state index in [1.165, 1.54) is 12.8 Å². The lowest BCUT2D eigenvalue weighted by molar-refractivity contribution is -0.121. The molecule has 0 aliphatic carbocycles. The Hall–Kier alpha value is -1.99. The Balaban J connectivity index is 1.78. The normalized spacial score (nSPS) is 17.2. The first-order chi connectivity index (χ1) is 13.6. The highest BCUT2D eigenvalue weighted by atomic mass is 16.5. The average Bonchev–Trinajstić information content (AvgIpc) is 2.71. The van der Waals surface area contributed by atoms with Crippen molar-refractivity contribution >= 4 is 5.91 Å². The van der Waals surface area contributed by atoms with E-state index >= 15 is 0 Å². The van der Waals surface area contributed by atoms with Crippen LogP contribution in [0.1, 0.15) is 24.8 Å². The molecule has 2 rings (SSSR count). The lowest BCUT2D eigenvalue weighted by Crippen LogP contribution is -2.41. The number of ether oxygens (including phenoxy) is 4. The predicted molar refractivity (Wildman–Crippen MR) is 108 cm³/mol. The van der Waals surface area contributed by atoms with Crippen molar-refractivity contribution in [3.8, 4) is 17.2 Å². The van der Waals surface area contributed by atoms with E-state index in [1.54, 1.807) is 28.4 Å². The van der Waals surface area contributed by atoms with Gasteiger partial charge in [0.2, 0.25) is 11.7 Å². The zero-order valence-corrected chi connectivity index (χ0v) is 17.6. The number of rotatable bonds is 11. The standard InChI is InChI=1S/C21H34N2O5/c1-25-15-16-6-5-12-23(14-16)13-11-22-19(24)10-8-17-7-9-18(26-2)21(28-4)20(17)27-3/h7,9,16H,5-6,8,10-15H2,1-4H3,(H,22,24)/t16-/m0/s1. The molecule has 28 heavy (non-hydrogen) atoms. The Morgan fingerprint density at radius 1 is 1.14 bits per heavy atom. The molecule has 0 bridgehead atoms. The second-order valence-corrected chi connectivity index (χ2v) is 7.11. The second kappa shape index (κ2) is 11.8. The van der Waals surface area contributed by atoms with Crippen molar-refractivity contribution in [2.24, 2.45) is 5.92 Å². The fourth-order valence-corrected chi connectivity index (χ4v) is 3.78. The Morgan fingerprint density at radius 2 is 1.93 bits per heavy atom. The van der Waals surface area contributed by atoms with Crippen LogP contribution in [0.3, 0.4) is 0 Å². The largest absolute Gasteiger partial charge is 0.493 e. The van der Waals surface area contributed by atoms with Gasteiger partial charge in [-0.05, 0) is 43.4 Å². The fraction of sp³-hybridized carbons (Fsp3) is 0.667. The van der Waals surface area contributed by atoms with Crippen LogP contribution in [0.5, 0.6) is 17.2 Å². The number of carbonyl (C=O) groups excluding carboxylic acids is 1. The third-order valence-electron chi connectivity index (χ3n) is 5.16. The van der Waals surface area contributed by atoms with E-state index in [2.05, 4.69) is 10.2 Å². The number of hydrogen-bond donors (Lipinski definition) is 1. The minimum atomic E-state index is 0.0438. The number of hydrogen-bond acceptors (Lipinski definition) is 6. The molecular weight excluding hydrogens is 360 g/mol. The number of piperidine rings is 1. The molecule has 158 valence electrons. The van der Waals surface area contributed by atoms with E-state index in [9.17, 15) is 4.79 Å². The number of benzene rings is 1. The average molecular weight is 395 g/mol. The van der Waals surface area contributed by atoms with Crippen LogP contribution in [0.2, 0.25) is 0 Å². The fourth-order valence-electron chi connectivity index (χ4n) is 3.78. The summed E-state index contributed by atoms with van der Waals surface area (Å²) in [5.74, 6) is 2.43. The smallest absolute Gasteiger partial charge is 0.220 e. The molecule has 7 nitrogen and oxygen atoms in total. The summed E-state index contributed by atoms with van der Waals surface area (Å²) < 4.78 is 21.4. The Kier molecular flexibility index (Phi) is 9.37. The summed E-state index contributed by atoms with van der Waals surface area (Å²) in [5.41, 5.74) is 0.925. The van der Waals surface area contributed by atoms with Gasteiger partial charge in [-0.25, -0.2) is 0 Å². The molecule has 1 N–H and O–H groups in total. The van der Waals surface area contributed by atoms with Gasteiger partial charge >= 0.3 is 0 Å². The number of methoxy groups -OCH3 is 4. The van der Waals surface area contributed by atoms with Crippen LogP contribution in [0, 0.1) is 5.92 Å². The molecular formula is C21H34N2O5. The highest BCUT2D eigenvalue weighted by Gasteiger charge is 2.20. The molecule has 1 atom stereocenters. The number of amides is 1. The van der Waals surface area contributed by atoms with Crippen molar-refractivity contribution < 1.29 is 23.7 Å². The van der Waals surface area contributed by atoms with Crippen LogP contribution in [-0.2, 0) is 16.0 Å². The molecule has 1 fully saturated rings. The lowest BCUT2D eigenvalue weighted by Gasteiger charge is -2.32. The second-order valence-electron chi connectivity index (χ2n) is 7.11. The topological polar surface area (TPSA) is 69.3 Å². The summed E-state index contributed by atoms with van der Waals surface area (Å²) in [6, 6.07) is 3.75. The Bertz CT molecular complexity index is 621. The van der Waals surface area contributed by atoms with Crippen molar-refractivity contribution in [1.82, 2.24) is 10.2 Å². The maximum atomic E-state index is 12.3. The molecule has 0 radical (unpaired) electrons. The van der Waals surface area contributed by atoms with E-state index in [-0.39, 0.29) is 5.91 Å². The molecule has 1 aliphatic heterocycles. The predicted octanol–water partition coefficient (Wildman–Crippen LogP) is 2.12. The van der Waals surface area contributed by atoms with Crippen LogP contribution < -0.4 is 19.5 Å². The third-order valence-corrected chi connectivity index (χ3v) is 5.16. The van der Waals surface area contributed by atoms with Gasteiger partial charge in [0.05, 0.1) is 27.9 Å². The molecule has 1 aromatic rings. The van der Waals surface area contributed by atoms with Crippen molar-refractivity contribution in [3.05, 3.63) is 17.7 Å². The highest BCUT2D eigenvalue weighted by molar-refractivity contribution is 5.76. The zero-order chi connectivity index (χ0) is 20.4. The number of nitrogens with zero attached hydrogens (tertiary/aromatic N) is 1. The van der Waals surface area contributed by atoms with E-state index < -0.39 is 0 Å². The van der Waals surface area contributed by atoms with Gasteiger partial charge in [-0.3, -0.25) is 4.79 Å². The van der Waals surface area contributed by atoms with Gasteiger partial charge in [-0.15, -0.1) is 0 Å². The summed E-state index contributed by atoms with van der Waals surface area (Å²) in [4.78, 5) is 14.7. The van der Waals surface area contributed by atoms with Crippen LogP contribution in [0.4, 0.5) is 0 Å². The van der Waals surface area contributed by atoms with Gasteiger partial charge in [0, 0.05) is 33.2 Å². The van der Waals surface area contributed by atoms with Gasteiger partial charge in [0.1, 0.15) is 0 Å². The van der Waals surface area contributed by atoms with Crippen molar-refractivity contribution in [1.29, 1.82) is 0 Å². The van der Waals surface area contributed by atoms with E-state index in [1.807, 2.05) is 12.1 Å². The first-order valence-electron chi connectivity index (χ1n) is 9.88. The van der Waals surface area contributed by atoms with Crippen LogP contribution >= 0.6 is 0 Å². The third kappa shape index (κ3) is 6.27. The van der Waals surface area contributed by atoms with Gasteiger partial charge in [0.25, 0.3) is 0 Å². The van der Waals surface area contributed by atoms with Crippen molar-refractivity contribution in [3.63, 3.8) is 0 Å². The monoisotopic (exact) mass is 394 g/mol.